The van der Waals surface area contributed by atoms with Crippen molar-refractivity contribution in [2.24, 2.45) is 0 Å². The number of carboxylic acid groups (broad SMARTS) is 1. The van der Waals surface area contributed by atoms with Gasteiger partial charge in [-0.15, -0.1) is 0 Å². The average Bonchev–Trinajstić information content (AvgIpc) is 3.22. The second-order valence-electron chi connectivity index (χ2n) is 7.49. The summed E-state index contributed by atoms with van der Waals surface area (Å²) in [5, 5.41) is 21.7. The second kappa shape index (κ2) is 7.48. The maximum Gasteiger partial charge on any atom is 0.491 e. The lowest BCUT2D eigenvalue weighted by Gasteiger charge is -2.11. The number of halogens is 3. The summed E-state index contributed by atoms with van der Waals surface area (Å²) in [5.41, 5.74) is 0.503. The fraction of sp³-hybridized carbons (Fsp3) is 0.0417. The molecule has 0 aliphatic heterocycles. The average molecular weight is 466 g/mol. The zero-order valence-corrected chi connectivity index (χ0v) is 17.0. The Bertz CT molecular complexity index is 1640. The van der Waals surface area contributed by atoms with Crippen LogP contribution in [0.25, 0.3) is 44.0 Å². The number of phenolic OH excluding ortho intramolecular Hbond substituents is 1. The van der Waals surface area contributed by atoms with Crippen LogP contribution in [0, 0.1) is 0 Å². The molecule has 0 spiro atoms. The molecular formula is C24H13F3N2O5. The Kier molecular flexibility index (Phi) is 4.67. The highest BCUT2D eigenvalue weighted by Gasteiger charge is 2.41. The van der Waals surface area contributed by atoms with E-state index in [1.165, 1.54) is 12.1 Å². The van der Waals surface area contributed by atoms with Crippen LogP contribution in [0.15, 0.2) is 60.7 Å². The first-order valence-corrected chi connectivity index (χ1v) is 9.83. The molecule has 1 heterocycles. The monoisotopic (exact) mass is 466 g/mol. The lowest BCUT2D eigenvalue weighted by molar-refractivity contribution is -0.189. The minimum Gasteiger partial charge on any atom is -0.507 e. The van der Waals surface area contributed by atoms with Gasteiger partial charge in [-0.2, -0.15) is 13.2 Å². The van der Waals surface area contributed by atoms with E-state index < -0.39 is 23.9 Å². The maximum absolute atomic E-state index is 12.9. The minimum absolute atomic E-state index is 0.0166. The molecule has 0 bridgehead atoms. The number of phenols is 1. The van der Waals surface area contributed by atoms with Crippen molar-refractivity contribution >= 4 is 44.5 Å². The number of nitrogens with one attached hydrogen (secondary N) is 1. The van der Waals surface area contributed by atoms with Crippen LogP contribution in [0.4, 0.5) is 13.2 Å². The van der Waals surface area contributed by atoms with Crippen LogP contribution in [0.5, 0.6) is 11.5 Å². The van der Waals surface area contributed by atoms with Crippen LogP contribution in [0.3, 0.4) is 0 Å². The van der Waals surface area contributed by atoms with Crippen molar-refractivity contribution in [3.63, 3.8) is 0 Å². The molecule has 0 unspecified atom stereocenters. The lowest BCUT2D eigenvalue weighted by atomic mass is 10.0. The van der Waals surface area contributed by atoms with Gasteiger partial charge in [-0.05, 0) is 35.0 Å². The number of aromatic nitrogens is 2. The van der Waals surface area contributed by atoms with E-state index in [0.717, 1.165) is 11.5 Å². The summed E-state index contributed by atoms with van der Waals surface area (Å²) in [6, 6.07) is 15.7. The fourth-order valence-electron chi connectivity index (χ4n) is 3.83. The number of benzene rings is 4. The predicted molar refractivity (Wildman–Crippen MR) is 117 cm³/mol. The van der Waals surface area contributed by atoms with Gasteiger partial charge in [-0.25, -0.2) is 14.6 Å². The number of carbonyl (C=O) groups excluding carboxylic acids is 1. The molecule has 4 aromatic carbocycles. The van der Waals surface area contributed by atoms with Crippen molar-refractivity contribution in [3.05, 3.63) is 66.2 Å². The number of ether oxygens (including phenoxy) is 1. The number of aromatic carboxylic acids is 1. The Hall–Kier alpha value is -4.60. The third kappa shape index (κ3) is 3.45. The summed E-state index contributed by atoms with van der Waals surface area (Å²) >= 11 is 0. The van der Waals surface area contributed by atoms with Gasteiger partial charge in [0.05, 0.1) is 22.0 Å². The smallest absolute Gasteiger partial charge is 0.491 e. The third-order valence-corrected chi connectivity index (χ3v) is 5.37. The summed E-state index contributed by atoms with van der Waals surface area (Å²) in [6.45, 7) is 0. The first-order chi connectivity index (χ1) is 16.1. The van der Waals surface area contributed by atoms with Crippen LogP contribution in [0.2, 0.25) is 0 Å². The number of hydrogen-bond donors (Lipinski definition) is 3. The Morgan fingerprint density at radius 3 is 2.44 bits per heavy atom. The molecule has 1 aromatic heterocycles. The number of rotatable bonds is 3. The highest BCUT2D eigenvalue weighted by Crippen LogP contribution is 2.39. The van der Waals surface area contributed by atoms with E-state index in [-0.39, 0.29) is 33.4 Å². The Labute approximate surface area is 188 Å². The molecule has 7 nitrogen and oxygen atoms in total. The number of alkyl halides is 3. The summed E-state index contributed by atoms with van der Waals surface area (Å²) in [4.78, 5) is 30.5. The number of fused-ring (bicyclic) bond motifs is 4. The number of aromatic hydroxyl groups is 1. The number of carbonyl (C=O) groups is 2. The number of imidazole rings is 1. The molecule has 170 valence electrons. The van der Waals surface area contributed by atoms with Gasteiger partial charge in [0.15, 0.2) is 0 Å². The van der Waals surface area contributed by atoms with Gasteiger partial charge in [-0.1, -0.05) is 36.4 Å². The highest BCUT2D eigenvalue weighted by atomic mass is 19.4. The highest BCUT2D eigenvalue weighted by molar-refractivity contribution is 6.11. The number of H-pyrrole nitrogens is 1. The van der Waals surface area contributed by atoms with E-state index in [1.807, 2.05) is 12.1 Å². The lowest BCUT2D eigenvalue weighted by Crippen LogP contribution is -2.28. The predicted octanol–water partition coefficient (Wildman–Crippen LogP) is 5.41. The summed E-state index contributed by atoms with van der Waals surface area (Å²) in [7, 11) is 0. The SMILES string of the molecule is O=C(O)c1cc(OC(=O)C(F)(F)F)c2c(ccc3[nH]c(-c4ccc5ccccc5c4O)nc32)c1. The fourth-order valence-corrected chi connectivity index (χ4v) is 3.83. The van der Waals surface area contributed by atoms with Crippen LogP contribution < -0.4 is 4.74 Å². The first kappa shape index (κ1) is 21.3. The van der Waals surface area contributed by atoms with E-state index in [1.54, 1.807) is 30.3 Å². The van der Waals surface area contributed by atoms with Crippen LogP contribution >= 0.6 is 0 Å². The standard InChI is InChI=1S/C24H13F3N2O5/c25-24(26,27)23(33)34-17-10-13(22(31)32)9-12-6-8-16-19(18(12)17)29-21(28-16)15-7-5-11-3-1-2-4-14(11)20(15)30/h1-10,30H,(H,28,29)(H,31,32). The maximum atomic E-state index is 12.9. The van der Waals surface area contributed by atoms with Gasteiger partial charge in [0.25, 0.3) is 0 Å². The molecule has 0 aliphatic rings. The molecule has 0 saturated carbocycles. The number of carboxylic acids is 1. The molecule has 0 fully saturated rings. The molecule has 5 aromatic rings. The zero-order chi connectivity index (χ0) is 24.2. The van der Waals surface area contributed by atoms with Crippen LogP contribution in [0.1, 0.15) is 10.4 Å². The molecular weight excluding hydrogens is 453 g/mol. The van der Waals surface area contributed by atoms with Crippen LogP contribution in [-0.2, 0) is 4.79 Å². The van der Waals surface area contributed by atoms with Gasteiger partial charge in [0.2, 0.25) is 0 Å². The van der Waals surface area contributed by atoms with Crippen molar-refractivity contribution < 1.29 is 37.7 Å². The van der Waals surface area contributed by atoms with E-state index >= 15 is 0 Å². The Morgan fingerprint density at radius 2 is 1.71 bits per heavy atom. The van der Waals surface area contributed by atoms with Crippen molar-refractivity contribution in [1.82, 2.24) is 9.97 Å². The van der Waals surface area contributed by atoms with Crippen molar-refractivity contribution in [2.45, 2.75) is 6.18 Å². The van der Waals surface area contributed by atoms with Gasteiger partial charge in [-0.3, -0.25) is 0 Å². The summed E-state index contributed by atoms with van der Waals surface area (Å²) in [6.07, 6.45) is -5.28. The van der Waals surface area contributed by atoms with E-state index in [0.29, 0.717) is 16.5 Å². The van der Waals surface area contributed by atoms with Crippen molar-refractivity contribution in [1.29, 1.82) is 0 Å². The van der Waals surface area contributed by atoms with Gasteiger partial charge in [0, 0.05) is 5.39 Å². The molecule has 10 heteroatoms. The van der Waals surface area contributed by atoms with E-state index in [2.05, 4.69) is 14.7 Å². The molecule has 34 heavy (non-hydrogen) atoms. The number of aromatic amines is 1. The second-order valence-corrected chi connectivity index (χ2v) is 7.49. The largest absolute Gasteiger partial charge is 0.507 e. The molecule has 0 radical (unpaired) electrons. The third-order valence-electron chi connectivity index (χ3n) is 5.37. The van der Waals surface area contributed by atoms with Crippen LogP contribution in [-0.4, -0.2) is 38.3 Å². The Morgan fingerprint density at radius 1 is 0.971 bits per heavy atom. The zero-order valence-electron chi connectivity index (χ0n) is 17.0. The van der Waals surface area contributed by atoms with Crippen molar-refractivity contribution in [2.75, 3.05) is 0 Å². The minimum atomic E-state index is -5.28. The van der Waals surface area contributed by atoms with Gasteiger partial charge < -0.3 is 19.9 Å². The molecule has 5 rings (SSSR count). The van der Waals surface area contributed by atoms with Gasteiger partial charge >= 0.3 is 18.1 Å². The topological polar surface area (TPSA) is 113 Å². The first-order valence-electron chi connectivity index (χ1n) is 9.83. The molecule has 0 saturated heterocycles. The molecule has 0 amide bonds. The Balaban J connectivity index is 1.75. The van der Waals surface area contributed by atoms with Crippen molar-refractivity contribution in [3.8, 4) is 22.9 Å². The molecule has 3 N–H and O–H groups in total. The van der Waals surface area contributed by atoms with Gasteiger partial charge in [0.1, 0.15) is 22.8 Å². The number of esters is 1. The number of hydrogen-bond acceptors (Lipinski definition) is 5. The molecule has 0 atom stereocenters. The molecule has 0 aliphatic carbocycles. The quantitative estimate of drug-likeness (QED) is 0.242. The summed E-state index contributed by atoms with van der Waals surface area (Å²) < 4.78 is 43.2. The van der Waals surface area contributed by atoms with E-state index in [4.69, 9.17) is 0 Å². The normalized spacial score (nSPS) is 11.9. The number of nitrogens with zero attached hydrogens (tertiary/aromatic N) is 1. The van der Waals surface area contributed by atoms with E-state index in [9.17, 15) is 33.0 Å². The summed E-state index contributed by atoms with van der Waals surface area (Å²) in [5.74, 6) is -4.31.